The van der Waals surface area contributed by atoms with Gasteiger partial charge in [0.05, 0.1) is 0 Å². The molecule has 1 N–H and O–H groups in total. The van der Waals surface area contributed by atoms with Crippen LogP contribution in [0.4, 0.5) is 5.69 Å². The number of anilines is 1. The molecule has 2 rings (SSSR count). The van der Waals surface area contributed by atoms with E-state index in [-0.39, 0.29) is 0 Å². The monoisotopic (exact) mass is 191 g/mol. The van der Waals surface area contributed by atoms with Crippen LogP contribution in [-0.4, -0.2) is 24.8 Å². The topological polar surface area (TPSA) is 23.5 Å². The second-order valence-electron chi connectivity index (χ2n) is 4.12. The number of hydrogen-bond acceptors (Lipinski definition) is 2. The van der Waals surface area contributed by atoms with Crippen molar-refractivity contribution in [2.75, 3.05) is 24.6 Å². The number of rotatable bonds is 2. The Morgan fingerprint density at radius 3 is 2.64 bits per heavy atom. The highest BCUT2D eigenvalue weighted by Crippen LogP contribution is 2.23. The standard InChI is InChI=1S/C12H17NO/c1-10-2-4-12(5-3-10)13-7-6-11(8-13)9-14/h2-5,11,14H,6-9H2,1H3/t11-/m0/s1. The molecule has 1 aromatic rings. The molecule has 1 fully saturated rings. The summed E-state index contributed by atoms with van der Waals surface area (Å²) in [5.41, 5.74) is 2.58. The minimum absolute atomic E-state index is 0.322. The lowest BCUT2D eigenvalue weighted by Crippen LogP contribution is -2.20. The van der Waals surface area contributed by atoms with Gasteiger partial charge in [-0.25, -0.2) is 0 Å². The van der Waals surface area contributed by atoms with Crippen LogP contribution in [0.3, 0.4) is 0 Å². The summed E-state index contributed by atoms with van der Waals surface area (Å²) in [6, 6.07) is 8.60. The zero-order chi connectivity index (χ0) is 9.97. The predicted octanol–water partition coefficient (Wildman–Crippen LogP) is 1.81. The molecule has 2 heteroatoms. The van der Waals surface area contributed by atoms with Crippen molar-refractivity contribution in [3.05, 3.63) is 29.8 Å². The molecule has 0 aromatic heterocycles. The van der Waals surface area contributed by atoms with Gasteiger partial charge in [-0.1, -0.05) is 17.7 Å². The first-order chi connectivity index (χ1) is 6.79. The first-order valence-corrected chi connectivity index (χ1v) is 5.22. The highest BCUT2D eigenvalue weighted by atomic mass is 16.3. The van der Waals surface area contributed by atoms with Crippen LogP contribution >= 0.6 is 0 Å². The Hall–Kier alpha value is -1.02. The van der Waals surface area contributed by atoms with Crippen LogP contribution in [-0.2, 0) is 0 Å². The lowest BCUT2D eigenvalue weighted by Gasteiger charge is -2.18. The van der Waals surface area contributed by atoms with Crippen LogP contribution in [0.25, 0.3) is 0 Å². The SMILES string of the molecule is Cc1ccc(N2CC[C@H](CO)C2)cc1. The van der Waals surface area contributed by atoms with E-state index in [0.29, 0.717) is 12.5 Å². The summed E-state index contributed by atoms with van der Waals surface area (Å²) in [6.45, 7) is 4.50. The molecule has 0 aliphatic carbocycles. The third-order valence-corrected chi connectivity index (χ3v) is 2.94. The second kappa shape index (κ2) is 4.01. The van der Waals surface area contributed by atoms with Crippen LogP contribution < -0.4 is 4.90 Å². The van der Waals surface area contributed by atoms with E-state index in [4.69, 9.17) is 5.11 Å². The molecular weight excluding hydrogens is 174 g/mol. The van der Waals surface area contributed by atoms with Gasteiger partial charge in [-0.2, -0.15) is 0 Å². The van der Waals surface area contributed by atoms with Crippen LogP contribution in [0.2, 0.25) is 0 Å². The normalized spacial score (nSPS) is 21.6. The van der Waals surface area contributed by atoms with Crippen molar-refractivity contribution in [1.29, 1.82) is 0 Å². The summed E-state index contributed by atoms with van der Waals surface area (Å²) in [5.74, 6) is 0.469. The molecule has 0 spiro atoms. The Labute approximate surface area is 85.2 Å². The fraction of sp³-hybridized carbons (Fsp3) is 0.500. The molecule has 0 amide bonds. The second-order valence-corrected chi connectivity index (χ2v) is 4.12. The maximum atomic E-state index is 9.05. The summed E-state index contributed by atoms with van der Waals surface area (Å²) in [7, 11) is 0. The average Bonchev–Trinajstić information content (AvgIpc) is 2.67. The Bertz CT molecular complexity index is 294. The average molecular weight is 191 g/mol. The van der Waals surface area contributed by atoms with Crippen LogP contribution in [0.15, 0.2) is 24.3 Å². The third-order valence-electron chi connectivity index (χ3n) is 2.94. The number of nitrogens with zero attached hydrogens (tertiary/aromatic N) is 1. The Kier molecular flexibility index (Phi) is 2.73. The maximum Gasteiger partial charge on any atom is 0.0476 e. The number of hydrogen-bond donors (Lipinski definition) is 1. The first-order valence-electron chi connectivity index (χ1n) is 5.22. The molecule has 0 bridgehead atoms. The molecule has 1 heterocycles. The van der Waals surface area contributed by atoms with Crippen LogP contribution in [0.1, 0.15) is 12.0 Å². The smallest absolute Gasteiger partial charge is 0.0476 e. The first kappa shape index (κ1) is 9.53. The van der Waals surface area contributed by atoms with Crippen molar-refractivity contribution < 1.29 is 5.11 Å². The lowest BCUT2D eigenvalue weighted by atomic mass is 10.1. The molecule has 0 radical (unpaired) electrons. The van der Waals surface area contributed by atoms with E-state index >= 15 is 0 Å². The molecule has 1 saturated heterocycles. The molecule has 1 atom stereocenters. The molecular formula is C12H17NO. The van der Waals surface area contributed by atoms with E-state index in [1.165, 1.54) is 11.3 Å². The minimum atomic E-state index is 0.322. The van der Waals surface area contributed by atoms with Crippen molar-refractivity contribution in [2.45, 2.75) is 13.3 Å². The minimum Gasteiger partial charge on any atom is -0.396 e. The van der Waals surface area contributed by atoms with Gasteiger partial charge in [0.15, 0.2) is 0 Å². The van der Waals surface area contributed by atoms with Gasteiger partial charge in [-0.15, -0.1) is 0 Å². The number of benzene rings is 1. The number of aliphatic hydroxyl groups excluding tert-OH is 1. The quantitative estimate of drug-likeness (QED) is 0.770. The summed E-state index contributed by atoms with van der Waals surface area (Å²) < 4.78 is 0. The number of aliphatic hydroxyl groups is 1. The van der Waals surface area contributed by atoms with Crippen LogP contribution in [0, 0.1) is 12.8 Å². The van der Waals surface area contributed by atoms with E-state index in [2.05, 4.69) is 36.1 Å². The fourth-order valence-electron chi connectivity index (χ4n) is 1.97. The summed E-state index contributed by atoms with van der Waals surface area (Å²) in [4.78, 5) is 2.35. The van der Waals surface area contributed by atoms with Crippen molar-refractivity contribution in [1.82, 2.24) is 0 Å². The van der Waals surface area contributed by atoms with Gasteiger partial charge in [0.1, 0.15) is 0 Å². The van der Waals surface area contributed by atoms with Gasteiger partial charge in [-0.05, 0) is 25.5 Å². The van der Waals surface area contributed by atoms with Crippen LogP contribution in [0.5, 0.6) is 0 Å². The number of aryl methyl sites for hydroxylation is 1. The fourth-order valence-corrected chi connectivity index (χ4v) is 1.97. The van der Waals surface area contributed by atoms with E-state index in [0.717, 1.165) is 19.5 Å². The Morgan fingerprint density at radius 2 is 2.07 bits per heavy atom. The molecule has 2 nitrogen and oxygen atoms in total. The summed E-state index contributed by atoms with van der Waals surface area (Å²) >= 11 is 0. The highest BCUT2D eigenvalue weighted by Gasteiger charge is 2.21. The molecule has 76 valence electrons. The van der Waals surface area contributed by atoms with Gasteiger partial charge < -0.3 is 10.0 Å². The third kappa shape index (κ3) is 1.90. The van der Waals surface area contributed by atoms with E-state index in [1.807, 2.05) is 0 Å². The molecule has 1 aliphatic rings. The van der Waals surface area contributed by atoms with E-state index in [9.17, 15) is 0 Å². The largest absolute Gasteiger partial charge is 0.396 e. The molecule has 1 aliphatic heterocycles. The van der Waals surface area contributed by atoms with Gasteiger partial charge in [0.25, 0.3) is 0 Å². The summed E-state index contributed by atoms with van der Waals surface area (Å²) in [5, 5.41) is 9.05. The van der Waals surface area contributed by atoms with Gasteiger partial charge in [0.2, 0.25) is 0 Å². The van der Waals surface area contributed by atoms with Gasteiger partial charge >= 0.3 is 0 Å². The van der Waals surface area contributed by atoms with Gasteiger partial charge in [-0.3, -0.25) is 0 Å². The summed E-state index contributed by atoms with van der Waals surface area (Å²) in [6.07, 6.45) is 1.12. The van der Waals surface area contributed by atoms with E-state index in [1.54, 1.807) is 0 Å². The predicted molar refractivity (Wildman–Crippen MR) is 58.6 cm³/mol. The van der Waals surface area contributed by atoms with Gasteiger partial charge in [0, 0.05) is 31.3 Å². The Balaban J connectivity index is 2.06. The lowest BCUT2D eigenvalue weighted by molar-refractivity contribution is 0.238. The van der Waals surface area contributed by atoms with E-state index < -0.39 is 0 Å². The zero-order valence-electron chi connectivity index (χ0n) is 8.61. The Morgan fingerprint density at radius 1 is 1.36 bits per heavy atom. The molecule has 1 aromatic carbocycles. The highest BCUT2D eigenvalue weighted by molar-refractivity contribution is 5.48. The molecule has 14 heavy (non-hydrogen) atoms. The maximum absolute atomic E-state index is 9.05. The van der Waals surface area contributed by atoms with Crippen molar-refractivity contribution in [3.63, 3.8) is 0 Å². The molecule has 0 unspecified atom stereocenters. The zero-order valence-corrected chi connectivity index (χ0v) is 8.61. The van der Waals surface area contributed by atoms with Crippen molar-refractivity contribution in [3.8, 4) is 0 Å². The van der Waals surface area contributed by atoms with Crippen molar-refractivity contribution in [2.24, 2.45) is 5.92 Å². The van der Waals surface area contributed by atoms with Crippen molar-refractivity contribution >= 4 is 5.69 Å². The molecule has 0 saturated carbocycles.